The quantitative estimate of drug-likeness (QED) is 0.737. The maximum Gasteiger partial charge on any atom is 0.410 e. The highest BCUT2D eigenvalue weighted by molar-refractivity contribution is 5.99. The van der Waals surface area contributed by atoms with Crippen LogP contribution in [0.5, 0.6) is 0 Å². The van der Waals surface area contributed by atoms with Crippen molar-refractivity contribution in [1.82, 2.24) is 4.90 Å². The van der Waals surface area contributed by atoms with Gasteiger partial charge in [-0.15, -0.1) is 0 Å². The zero-order chi connectivity index (χ0) is 14.6. The standard InChI is InChI=1S/C14H23NO4/c1-10(16)9-12(17)11-5-7-15(8-6-11)13(18)19-14(2,3)4/h11H,5-9H2,1-4H3. The summed E-state index contributed by atoms with van der Waals surface area (Å²) in [5.41, 5.74) is -0.502. The average Bonchev–Trinajstić information content (AvgIpc) is 2.26. The smallest absolute Gasteiger partial charge is 0.410 e. The lowest BCUT2D eigenvalue weighted by Crippen LogP contribution is -2.43. The number of amides is 1. The monoisotopic (exact) mass is 269 g/mol. The molecule has 108 valence electrons. The lowest BCUT2D eigenvalue weighted by atomic mass is 9.90. The highest BCUT2D eigenvalue weighted by atomic mass is 16.6. The molecule has 5 nitrogen and oxygen atoms in total. The number of piperidine rings is 1. The fraction of sp³-hybridized carbons (Fsp3) is 0.786. The first kappa shape index (κ1) is 15.7. The number of rotatable bonds is 3. The summed E-state index contributed by atoms with van der Waals surface area (Å²) < 4.78 is 5.29. The van der Waals surface area contributed by atoms with Crippen LogP contribution in [0.4, 0.5) is 4.79 Å². The van der Waals surface area contributed by atoms with E-state index in [1.807, 2.05) is 20.8 Å². The second-order valence-corrected chi connectivity index (χ2v) is 6.09. The molecule has 0 unspecified atom stereocenters. The fourth-order valence-electron chi connectivity index (χ4n) is 2.10. The minimum Gasteiger partial charge on any atom is -0.444 e. The number of hydrogen-bond acceptors (Lipinski definition) is 4. The summed E-state index contributed by atoms with van der Waals surface area (Å²) in [4.78, 5) is 36.1. The van der Waals surface area contributed by atoms with Crippen LogP contribution in [0.2, 0.25) is 0 Å². The molecule has 0 aromatic rings. The van der Waals surface area contributed by atoms with E-state index in [9.17, 15) is 14.4 Å². The number of Topliss-reactive ketones (excluding diaryl/α,β-unsaturated/α-hetero) is 2. The Hall–Kier alpha value is -1.39. The fourth-order valence-corrected chi connectivity index (χ4v) is 2.10. The van der Waals surface area contributed by atoms with Crippen LogP contribution in [0, 0.1) is 5.92 Å². The van der Waals surface area contributed by atoms with Gasteiger partial charge < -0.3 is 9.64 Å². The van der Waals surface area contributed by atoms with E-state index in [0.29, 0.717) is 25.9 Å². The summed E-state index contributed by atoms with van der Waals surface area (Å²) in [6.45, 7) is 7.94. The molecule has 0 aromatic carbocycles. The Morgan fingerprint density at radius 2 is 1.68 bits per heavy atom. The summed E-state index contributed by atoms with van der Waals surface area (Å²) in [7, 11) is 0. The van der Waals surface area contributed by atoms with Crippen LogP contribution in [0.25, 0.3) is 0 Å². The van der Waals surface area contributed by atoms with Crippen LogP contribution in [-0.4, -0.2) is 41.3 Å². The molecule has 0 aliphatic carbocycles. The van der Waals surface area contributed by atoms with Crippen LogP contribution in [0.1, 0.15) is 47.0 Å². The Kier molecular flexibility index (Phi) is 5.09. The lowest BCUT2D eigenvalue weighted by molar-refractivity contribution is -0.129. The maximum atomic E-state index is 11.8. The van der Waals surface area contributed by atoms with Gasteiger partial charge in [-0.05, 0) is 40.5 Å². The molecule has 0 N–H and O–H groups in total. The predicted octanol–water partition coefficient (Wildman–Crippen LogP) is 2.18. The SMILES string of the molecule is CC(=O)CC(=O)C1CCN(C(=O)OC(C)(C)C)CC1. The van der Waals surface area contributed by atoms with Gasteiger partial charge in [0.05, 0.1) is 6.42 Å². The number of likely N-dealkylation sites (tertiary alicyclic amines) is 1. The van der Waals surface area contributed by atoms with Gasteiger partial charge in [-0.2, -0.15) is 0 Å². The van der Waals surface area contributed by atoms with Crippen molar-refractivity contribution in [3.8, 4) is 0 Å². The molecule has 1 heterocycles. The third-order valence-corrected chi connectivity index (χ3v) is 3.03. The van der Waals surface area contributed by atoms with Gasteiger partial charge in [-0.25, -0.2) is 4.79 Å². The van der Waals surface area contributed by atoms with Crippen molar-refractivity contribution in [1.29, 1.82) is 0 Å². The van der Waals surface area contributed by atoms with Crippen molar-refractivity contribution in [3.05, 3.63) is 0 Å². The molecule has 1 saturated heterocycles. The minimum absolute atomic E-state index is 0.00339. The molecular formula is C14H23NO4. The second-order valence-electron chi connectivity index (χ2n) is 6.09. The van der Waals surface area contributed by atoms with Crippen molar-refractivity contribution in [2.45, 2.75) is 52.6 Å². The van der Waals surface area contributed by atoms with Gasteiger partial charge in [-0.1, -0.05) is 0 Å². The van der Waals surface area contributed by atoms with E-state index in [1.54, 1.807) is 4.90 Å². The first-order valence-electron chi connectivity index (χ1n) is 6.69. The number of nitrogens with zero attached hydrogens (tertiary/aromatic N) is 1. The van der Waals surface area contributed by atoms with E-state index < -0.39 is 5.60 Å². The largest absolute Gasteiger partial charge is 0.444 e. The van der Waals surface area contributed by atoms with Crippen LogP contribution in [0.3, 0.4) is 0 Å². The summed E-state index contributed by atoms with van der Waals surface area (Å²) >= 11 is 0. The van der Waals surface area contributed by atoms with Crippen molar-refractivity contribution >= 4 is 17.7 Å². The van der Waals surface area contributed by atoms with Crippen LogP contribution in [0.15, 0.2) is 0 Å². The Labute approximate surface area is 114 Å². The van der Waals surface area contributed by atoms with Gasteiger partial charge in [-0.3, -0.25) is 9.59 Å². The van der Waals surface area contributed by atoms with Crippen LogP contribution < -0.4 is 0 Å². The van der Waals surface area contributed by atoms with E-state index in [4.69, 9.17) is 4.74 Å². The Morgan fingerprint density at radius 3 is 2.11 bits per heavy atom. The second kappa shape index (κ2) is 6.17. The highest BCUT2D eigenvalue weighted by Gasteiger charge is 2.29. The molecule has 0 aromatic heterocycles. The minimum atomic E-state index is -0.502. The average molecular weight is 269 g/mol. The molecule has 1 fully saturated rings. The van der Waals surface area contributed by atoms with Crippen LogP contribution >= 0.6 is 0 Å². The van der Waals surface area contributed by atoms with E-state index in [0.717, 1.165) is 0 Å². The van der Waals surface area contributed by atoms with Gasteiger partial charge in [0.1, 0.15) is 17.2 Å². The number of hydrogen-bond donors (Lipinski definition) is 0. The highest BCUT2D eigenvalue weighted by Crippen LogP contribution is 2.21. The van der Waals surface area contributed by atoms with E-state index in [1.165, 1.54) is 6.92 Å². The first-order chi connectivity index (χ1) is 8.69. The normalized spacial score (nSPS) is 17.2. The van der Waals surface area contributed by atoms with Crippen molar-refractivity contribution in [3.63, 3.8) is 0 Å². The number of carbonyl (C=O) groups excluding carboxylic acids is 3. The Morgan fingerprint density at radius 1 is 1.16 bits per heavy atom. The Bertz CT molecular complexity index is 362. The molecule has 5 heteroatoms. The number of ketones is 2. The molecular weight excluding hydrogens is 246 g/mol. The van der Waals surface area contributed by atoms with Crippen molar-refractivity contribution in [2.75, 3.05) is 13.1 Å². The van der Waals surface area contributed by atoms with Gasteiger partial charge in [0, 0.05) is 19.0 Å². The predicted molar refractivity (Wildman–Crippen MR) is 70.8 cm³/mol. The summed E-state index contributed by atoms with van der Waals surface area (Å²) in [6.07, 6.45) is 0.915. The molecule has 0 spiro atoms. The molecule has 1 aliphatic rings. The number of ether oxygens (including phenoxy) is 1. The summed E-state index contributed by atoms with van der Waals surface area (Å²) in [5.74, 6) is -0.196. The third-order valence-electron chi connectivity index (χ3n) is 3.03. The molecule has 0 bridgehead atoms. The molecule has 19 heavy (non-hydrogen) atoms. The van der Waals surface area contributed by atoms with E-state index in [2.05, 4.69) is 0 Å². The third kappa shape index (κ3) is 5.41. The first-order valence-corrected chi connectivity index (χ1v) is 6.69. The topological polar surface area (TPSA) is 63.7 Å². The Balaban J connectivity index is 2.42. The van der Waals surface area contributed by atoms with Gasteiger partial charge in [0.25, 0.3) is 0 Å². The zero-order valence-corrected chi connectivity index (χ0v) is 12.2. The van der Waals surface area contributed by atoms with Gasteiger partial charge in [0.2, 0.25) is 0 Å². The molecule has 1 aliphatic heterocycles. The maximum absolute atomic E-state index is 11.8. The molecule has 1 amide bonds. The van der Waals surface area contributed by atoms with E-state index in [-0.39, 0.29) is 30.0 Å². The van der Waals surface area contributed by atoms with Crippen molar-refractivity contribution < 1.29 is 19.1 Å². The lowest BCUT2D eigenvalue weighted by Gasteiger charge is -2.32. The molecule has 1 rings (SSSR count). The number of carbonyl (C=O) groups is 3. The molecule has 0 radical (unpaired) electrons. The van der Waals surface area contributed by atoms with Gasteiger partial charge in [0.15, 0.2) is 0 Å². The molecule has 0 atom stereocenters. The zero-order valence-electron chi connectivity index (χ0n) is 12.2. The van der Waals surface area contributed by atoms with Crippen LogP contribution in [-0.2, 0) is 14.3 Å². The molecule has 0 saturated carbocycles. The summed E-state index contributed by atoms with van der Waals surface area (Å²) in [6, 6.07) is 0. The van der Waals surface area contributed by atoms with E-state index >= 15 is 0 Å². The van der Waals surface area contributed by atoms with Crippen molar-refractivity contribution in [2.24, 2.45) is 5.92 Å². The van der Waals surface area contributed by atoms with Gasteiger partial charge >= 0.3 is 6.09 Å². The summed E-state index contributed by atoms with van der Waals surface area (Å²) in [5, 5.41) is 0.